The molecule has 0 saturated carbocycles. The molecule has 8 heteroatoms. The smallest absolute Gasteiger partial charge is 0.189 e. The summed E-state index contributed by atoms with van der Waals surface area (Å²) >= 11 is 9.65. The summed E-state index contributed by atoms with van der Waals surface area (Å²) in [5, 5.41) is 7.30. The summed E-state index contributed by atoms with van der Waals surface area (Å²) in [6, 6.07) is 5.40. The van der Waals surface area contributed by atoms with Crippen molar-refractivity contribution >= 4 is 63.3 Å². The van der Waals surface area contributed by atoms with Gasteiger partial charge in [0.2, 0.25) is 0 Å². The maximum absolute atomic E-state index is 5.99. The first-order chi connectivity index (χ1) is 10.0. The number of aromatic nitrogens is 3. The predicted octanol–water partition coefficient (Wildman–Crippen LogP) is 4.39. The van der Waals surface area contributed by atoms with Gasteiger partial charge in [-0.3, -0.25) is 0 Å². The van der Waals surface area contributed by atoms with Crippen LogP contribution in [-0.4, -0.2) is 26.9 Å². The maximum atomic E-state index is 5.99. The Hall–Kier alpha value is -0.930. The summed E-state index contributed by atoms with van der Waals surface area (Å²) < 4.78 is 0.886. The van der Waals surface area contributed by atoms with E-state index >= 15 is 0 Å². The molecule has 0 bridgehead atoms. The Balaban J connectivity index is 2.58. The van der Waals surface area contributed by atoms with E-state index in [1.807, 2.05) is 32.2 Å². The van der Waals surface area contributed by atoms with Crippen molar-refractivity contribution in [2.45, 2.75) is 19.0 Å². The fourth-order valence-electron chi connectivity index (χ4n) is 1.51. The quantitative estimate of drug-likeness (QED) is 0.179. The van der Waals surface area contributed by atoms with Gasteiger partial charge in [-0.2, -0.15) is 10.1 Å². The molecule has 0 fully saturated rings. The van der Waals surface area contributed by atoms with Crippen LogP contribution in [0.1, 0.15) is 13.8 Å². The Bertz CT molecular complexity index is 675. The second-order valence-corrected chi connectivity index (χ2v) is 6.53. The number of anilines is 2. The van der Waals surface area contributed by atoms with Crippen molar-refractivity contribution in [1.82, 2.24) is 15.0 Å². The zero-order valence-electron chi connectivity index (χ0n) is 11.7. The molecule has 2 heterocycles. The third-order valence-electron chi connectivity index (χ3n) is 2.30. The van der Waals surface area contributed by atoms with Crippen molar-refractivity contribution in [2.75, 3.05) is 11.3 Å². The van der Waals surface area contributed by atoms with Crippen LogP contribution in [0.15, 0.2) is 34.7 Å². The van der Waals surface area contributed by atoms with Crippen LogP contribution in [-0.2, 0) is 0 Å². The molecule has 0 spiro atoms. The molecule has 0 aliphatic rings. The van der Waals surface area contributed by atoms with Gasteiger partial charge in [0.1, 0.15) is 5.15 Å². The second kappa shape index (κ2) is 7.37. The fourth-order valence-corrected chi connectivity index (χ4v) is 2.50. The third-order valence-corrected chi connectivity index (χ3v) is 3.84. The van der Waals surface area contributed by atoms with Crippen LogP contribution in [0, 0.1) is 3.57 Å². The summed E-state index contributed by atoms with van der Waals surface area (Å²) in [6.07, 6.45) is 3.70. The molecule has 0 aliphatic heterocycles. The minimum absolute atomic E-state index is 0.413. The minimum Gasteiger partial charge on any atom is -0.230 e. The topological polar surface area (TPSA) is 54.3 Å². The highest BCUT2D eigenvalue weighted by atomic mass is 127. The van der Waals surface area contributed by atoms with Crippen LogP contribution >= 0.6 is 46.0 Å². The molecular formula is C13H13ClIN5S. The van der Waals surface area contributed by atoms with Crippen molar-refractivity contribution in [3.05, 3.63) is 33.1 Å². The van der Waals surface area contributed by atoms with E-state index in [0.29, 0.717) is 21.9 Å². The minimum atomic E-state index is 0.413. The molecule has 2 aromatic rings. The first-order valence-electron chi connectivity index (χ1n) is 6.02. The fraction of sp³-hybridized carbons (Fsp3) is 0.231. The van der Waals surface area contributed by atoms with Gasteiger partial charge in [-0.15, -0.1) is 0 Å². The van der Waals surface area contributed by atoms with Crippen LogP contribution in [0.3, 0.4) is 0 Å². The summed E-state index contributed by atoms with van der Waals surface area (Å²) in [5.41, 5.74) is 0.886. The SMILES string of the molecule is CSc1ncc(I)c(N(N=C(C)C)c2cccc(Cl)n2)n1. The Morgan fingerprint density at radius 2 is 2.10 bits per heavy atom. The van der Waals surface area contributed by atoms with Gasteiger partial charge in [0, 0.05) is 11.9 Å². The van der Waals surface area contributed by atoms with Gasteiger partial charge in [-0.25, -0.2) is 15.0 Å². The summed E-state index contributed by atoms with van der Waals surface area (Å²) in [6.45, 7) is 3.84. The lowest BCUT2D eigenvalue weighted by Gasteiger charge is -2.19. The first kappa shape index (κ1) is 16.4. The van der Waals surface area contributed by atoms with E-state index in [2.05, 4.69) is 42.6 Å². The predicted molar refractivity (Wildman–Crippen MR) is 96.7 cm³/mol. The van der Waals surface area contributed by atoms with Crippen LogP contribution in [0.2, 0.25) is 5.15 Å². The summed E-state index contributed by atoms with van der Waals surface area (Å²) in [7, 11) is 0. The Labute approximate surface area is 146 Å². The van der Waals surface area contributed by atoms with Gasteiger partial charge in [0.15, 0.2) is 16.8 Å². The molecule has 0 N–H and O–H groups in total. The largest absolute Gasteiger partial charge is 0.230 e. The van der Waals surface area contributed by atoms with Crippen molar-refractivity contribution in [3.8, 4) is 0 Å². The molecule has 5 nitrogen and oxygen atoms in total. The number of hydrazone groups is 1. The molecule has 0 aromatic carbocycles. The number of hydrogen-bond donors (Lipinski definition) is 0. The van der Waals surface area contributed by atoms with Crippen LogP contribution in [0.4, 0.5) is 11.6 Å². The third kappa shape index (κ3) is 4.27. The molecule has 2 rings (SSSR count). The highest BCUT2D eigenvalue weighted by molar-refractivity contribution is 14.1. The second-order valence-electron chi connectivity index (χ2n) is 4.21. The van der Waals surface area contributed by atoms with Crippen LogP contribution < -0.4 is 5.01 Å². The first-order valence-corrected chi connectivity index (χ1v) is 8.70. The van der Waals surface area contributed by atoms with Gasteiger partial charge in [-0.05, 0) is 54.8 Å². The lowest BCUT2D eigenvalue weighted by molar-refractivity contribution is 0.902. The van der Waals surface area contributed by atoms with E-state index in [-0.39, 0.29) is 0 Å². The van der Waals surface area contributed by atoms with E-state index in [1.54, 1.807) is 17.3 Å². The average Bonchev–Trinajstić information content (AvgIpc) is 2.45. The Morgan fingerprint density at radius 3 is 2.71 bits per heavy atom. The highest BCUT2D eigenvalue weighted by Crippen LogP contribution is 2.29. The number of pyridine rings is 1. The van der Waals surface area contributed by atoms with Crippen LogP contribution in [0.25, 0.3) is 0 Å². The van der Waals surface area contributed by atoms with Crippen molar-refractivity contribution in [1.29, 1.82) is 0 Å². The number of hydrogen-bond acceptors (Lipinski definition) is 6. The maximum Gasteiger partial charge on any atom is 0.189 e. The van der Waals surface area contributed by atoms with Crippen molar-refractivity contribution in [3.63, 3.8) is 0 Å². The highest BCUT2D eigenvalue weighted by Gasteiger charge is 2.16. The standard InChI is InChI=1S/C13H13ClIN5S/c1-8(2)19-20(11-6-4-5-10(14)17-11)12-9(15)7-16-13(18-12)21-3/h4-7H,1-3H3. The van der Waals surface area contributed by atoms with Gasteiger partial charge >= 0.3 is 0 Å². The summed E-state index contributed by atoms with van der Waals surface area (Å²) in [4.78, 5) is 13.1. The number of rotatable bonds is 4. The molecule has 0 unspecified atom stereocenters. The van der Waals surface area contributed by atoms with Gasteiger partial charge in [0.05, 0.1) is 3.57 Å². The molecule has 0 saturated heterocycles. The lowest BCUT2D eigenvalue weighted by Crippen LogP contribution is -2.16. The van der Waals surface area contributed by atoms with E-state index in [0.717, 1.165) is 9.28 Å². The van der Waals surface area contributed by atoms with Crippen molar-refractivity contribution in [2.24, 2.45) is 5.10 Å². The molecule has 21 heavy (non-hydrogen) atoms. The average molecular weight is 434 g/mol. The monoisotopic (exact) mass is 433 g/mol. The normalized spacial score (nSPS) is 10.3. The molecule has 0 radical (unpaired) electrons. The summed E-state index contributed by atoms with van der Waals surface area (Å²) in [5.74, 6) is 1.30. The molecule has 0 amide bonds. The molecule has 110 valence electrons. The van der Waals surface area contributed by atoms with E-state index in [4.69, 9.17) is 11.6 Å². The number of nitrogens with zero attached hydrogens (tertiary/aromatic N) is 5. The Morgan fingerprint density at radius 1 is 1.33 bits per heavy atom. The zero-order chi connectivity index (χ0) is 15.4. The van der Waals surface area contributed by atoms with Gasteiger partial charge in [-0.1, -0.05) is 29.4 Å². The molecular weight excluding hydrogens is 421 g/mol. The van der Waals surface area contributed by atoms with Gasteiger partial charge in [0.25, 0.3) is 0 Å². The number of thioether (sulfide) groups is 1. The molecule has 0 aliphatic carbocycles. The van der Waals surface area contributed by atoms with Gasteiger partial charge < -0.3 is 0 Å². The molecule has 0 atom stereocenters. The number of halogens is 2. The molecule has 2 aromatic heterocycles. The zero-order valence-corrected chi connectivity index (χ0v) is 15.4. The lowest BCUT2D eigenvalue weighted by atomic mass is 10.4. The van der Waals surface area contributed by atoms with E-state index < -0.39 is 0 Å². The van der Waals surface area contributed by atoms with E-state index in [9.17, 15) is 0 Å². The Kier molecular flexibility index (Phi) is 5.77. The van der Waals surface area contributed by atoms with Crippen molar-refractivity contribution < 1.29 is 0 Å². The van der Waals surface area contributed by atoms with E-state index in [1.165, 1.54) is 11.8 Å². The van der Waals surface area contributed by atoms with Crippen LogP contribution in [0.5, 0.6) is 0 Å².